The van der Waals surface area contributed by atoms with E-state index in [1.807, 2.05) is 0 Å². The van der Waals surface area contributed by atoms with Gasteiger partial charge in [0.2, 0.25) is 0 Å². The number of benzene rings is 2. The van der Waals surface area contributed by atoms with E-state index in [0.717, 1.165) is 12.0 Å². The number of alkyl halides is 3. The van der Waals surface area contributed by atoms with Crippen molar-refractivity contribution in [3.63, 3.8) is 0 Å². The molecule has 0 radical (unpaired) electrons. The first kappa shape index (κ1) is 17.0. The Bertz CT molecular complexity index is 789. The maximum Gasteiger partial charge on any atom is 0.420 e. The van der Waals surface area contributed by atoms with Crippen molar-refractivity contribution in [2.24, 2.45) is 0 Å². The van der Waals surface area contributed by atoms with Crippen LogP contribution in [0.3, 0.4) is 0 Å². The monoisotopic (exact) mass is 343 g/mol. The molecule has 1 N–H and O–H groups in total. The molecular weight excluding hydrogens is 331 g/mol. The molecular formula is C15H12F3NO3S. The summed E-state index contributed by atoms with van der Waals surface area (Å²) < 4.78 is 44.9. The van der Waals surface area contributed by atoms with Gasteiger partial charge in [0.05, 0.1) is 7.11 Å². The minimum Gasteiger partial charge on any atom is -0.496 e. The first-order valence-corrected chi connectivity index (χ1v) is 6.77. The fourth-order valence-corrected chi connectivity index (χ4v) is 2.51. The van der Waals surface area contributed by atoms with E-state index in [-0.39, 0.29) is 27.1 Å². The van der Waals surface area contributed by atoms with Gasteiger partial charge in [-0.25, -0.2) is 4.79 Å². The molecule has 0 bridgehead atoms. The number of methoxy groups -OCH3 is 1. The van der Waals surface area contributed by atoms with Crippen LogP contribution >= 0.6 is 12.2 Å². The average Bonchev–Trinajstić information content (AvgIpc) is 2.50. The van der Waals surface area contributed by atoms with Gasteiger partial charge in [0.25, 0.3) is 0 Å². The topological polar surface area (TPSA) is 49.8 Å². The highest BCUT2D eigenvalue weighted by Gasteiger charge is 2.36. The third-order valence-corrected chi connectivity index (χ3v) is 3.84. The molecule has 2 rings (SSSR count). The van der Waals surface area contributed by atoms with E-state index in [4.69, 9.17) is 22.1 Å². The number of thiocarbonyl (C=S) groups is 1. The maximum atomic E-state index is 13.4. The molecule has 0 unspecified atom stereocenters. The number of hydrogen-bond acceptors (Lipinski definition) is 3. The Labute approximate surface area is 135 Å². The minimum absolute atomic E-state index is 0.0820. The van der Waals surface area contributed by atoms with Crippen molar-refractivity contribution in [1.29, 1.82) is 0 Å². The van der Waals surface area contributed by atoms with Gasteiger partial charge < -0.3 is 9.84 Å². The average molecular weight is 343 g/mol. The molecule has 0 aromatic heterocycles. The Balaban J connectivity index is 2.78. The number of hydrogen-bond donors (Lipinski definition) is 1. The van der Waals surface area contributed by atoms with Gasteiger partial charge in [-0.05, 0) is 22.9 Å². The zero-order valence-corrected chi connectivity index (χ0v) is 13.0. The van der Waals surface area contributed by atoms with Crippen LogP contribution in [0.5, 0.6) is 5.75 Å². The van der Waals surface area contributed by atoms with Gasteiger partial charge in [0, 0.05) is 12.6 Å². The van der Waals surface area contributed by atoms with Gasteiger partial charge in [0.1, 0.15) is 16.3 Å². The third kappa shape index (κ3) is 3.07. The number of carboxylic acid groups (broad SMARTS) is 1. The number of carbonyl (C=O) groups is 1. The van der Waals surface area contributed by atoms with Crippen molar-refractivity contribution in [1.82, 2.24) is 4.90 Å². The summed E-state index contributed by atoms with van der Waals surface area (Å²) in [6.45, 7) is 0. The number of fused-ring (bicyclic) bond motifs is 1. The summed E-state index contributed by atoms with van der Waals surface area (Å²) in [5.41, 5.74) is -0.685. The molecule has 122 valence electrons. The van der Waals surface area contributed by atoms with E-state index >= 15 is 0 Å². The van der Waals surface area contributed by atoms with Crippen LogP contribution in [-0.4, -0.2) is 35.2 Å². The summed E-state index contributed by atoms with van der Waals surface area (Å²) >= 11 is 5.08. The molecule has 0 aliphatic rings. The lowest BCUT2D eigenvalue weighted by atomic mass is 9.98. The highest BCUT2D eigenvalue weighted by Crippen LogP contribution is 2.41. The fraction of sp³-hybridized carbons (Fsp3) is 0.200. The molecule has 0 fully saturated rings. The summed E-state index contributed by atoms with van der Waals surface area (Å²) in [6.07, 6.45) is -5.92. The number of amides is 1. The SMILES string of the molecule is COc1ccc2c(C(=S)N(C)C(=O)O)cccc2c1C(F)(F)F. The summed E-state index contributed by atoms with van der Waals surface area (Å²) in [7, 11) is 2.39. The van der Waals surface area contributed by atoms with Crippen molar-refractivity contribution < 1.29 is 27.8 Å². The van der Waals surface area contributed by atoms with E-state index < -0.39 is 17.8 Å². The Morgan fingerprint density at radius 1 is 1.22 bits per heavy atom. The molecule has 0 atom stereocenters. The quantitative estimate of drug-likeness (QED) is 0.832. The molecule has 1 amide bonds. The predicted molar refractivity (Wildman–Crippen MR) is 83.0 cm³/mol. The second-order valence-electron chi connectivity index (χ2n) is 4.69. The summed E-state index contributed by atoms with van der Waals surface area (Å²) in [4.78, 5) is 11.7. The summed E-state index contributed by atoms with van der Waals surface area (Å²) in [6, 6.07) is 6.80. The fourth-order valence-electron chi connectivity index (χ4n) is 2.25. The number of rotatable bonds is 2. The second-order valence-corrected chi connectivity index (χ2v) is 5.07. The van der Waals surface area contributed by atoms with Crippen LogP contribution in [0.2, 0.25) is 0 Å². The highest BCUT2D eigenvalue weighted by atomic mass is 32.1. The molecule has 2 aromatic rings. The Morgan fingerprint density at radius 3 is 2.39 bits per heavy atom. The smallest absolute Gasteiger partial charge is 0.420 e. The van der Waals surface area contributed by atoms with Gasteiger partial charge in [-0.2, -0.15) is 13.2 Å². The Hall–Kier alpha value is -2.35. The second kappa shape index (κ2) is 6.04. The first-order valence-electron chi connectivity index (χ1n) is 6.36. The van der Waals surface area contributed by atoms with E-state index in [1.165, 1.54) is 37.4 Å². The van der Waals surface area contributed by atoms with Crippen LogP contribution in [0.1, 0.15) is 11.1 Å². The van der Waals surface area contributed by atoms with Crippen LogP contribution in [-0.2, 0) is 6.18 Å². The van der Waals surface area contributed by atoms with Gasteiger partial charge >= 0.3 is 12.3 Å². The number of halogens is 3. The lowest BCUT2D eigenvalue weighted by Gasteiger charge is -2.19. The van der Waals surface area contributed by atoms with Crippen molar-refractivity contribution in [2.45, 2.75) is 6.18 Å². The standard InChI is InChI=1S/C15H12F3NO3S/c1-19(14(20)21)13(23)10-5-3-4-9-8(10)6-7-11(22-2)12(9)15(16,17)18/h3-7H,1-2H3,(H,20,21). The first-order chi connectivity index (χ1) is 10.7. The van der Waals surface area contributed by atoms with Crippen molar-refractivity contribution in [3.05, 3.63) is 41.5 Å². The third-order valence-electron chi connectivity index (χ3n) is 3.35. The van der Waals surface area contributed by atoms with E-state index in [0.29, 0.717) is 0 Å². The van der Waals surface area contributed by atoms with Crippen LogP contribution < -0.4 is 4.74 Å². The predicted octanol–water partition coefficient (Wildman–Crippen LogP) is 4.15. The molecule has 4 nitrogen and oxygen atoms in total. The molecule has 8 heteroatoms. The van der Waals surface area contributed by atoms with Gasteiger partial charge in [-0.3, -0.25) is 4.90 Å². The lowest BCUT2D eigenvalue weighted by Crippen LogP contribution is -2.31. The number of nitrogens with zero attached hydrogens (tertiary/aromatic N) is 1. The van der Waals surface area contributed by atoms with Crippen molar-refractivity contribution in [3.8, 4) is 5.75 Å². The zero-order chi connectivity index (χ0) is 17.4. The van der Waals surface area contributed by atoms with Gasteiger partial charge in [-0.15, -0.1) is 0 Å². The molecule has 2 aromatic carbocycles. The van der Waals surface area contributed by atoms with Crippen LogP contribution in [0, 0.1) is 0 Å². The molecule has 0 heterocycles. The van der Waals surface area contributed by atoms with Crippen molar-refractivity contribution in [2.75, 3.05) is 14.2 Å². The summed E-state index contributed by atoms with van der Waals surface area (Å²) in [5, 5.41) is 9.10. The number of ether oxygens (including phenoxy) is 1. The highest BCUT2D eigenvalue weighted by molar-refractivity contribution is 7.80. The molecule has 0 saturated heterocycles. The molecule has 0 aliphatic heterocycles. The normalized spacial score (nSPS) is 11.3. The zero-order valence-electron chi connectivity index (χ0n) is 12.1. The van der Waals surface area contributed by atoms with E-state index in [1.54, 1.807) is 0 Å². The molecule has 0 saturated carbocycles. The Morgan fingerprint density at radius 2 is 1.87 bits per heavy atom. The molecule has 0 spiro atoms. The maximum absolute atomic E-state index is 13.4. The van der Waals surface area contributed by atoms with Crippen LogP contribution in [0.4, 0.5) is 18.0 Å². The van der Waals surface area contributed by atoms with E-state index in [9.17, 15) is 18.0 Å². The van der Waals surface area contributed by atoms with Crippen LogP contribution in [0.15, 0.2) is 30.3 Å². The Kier molecular flexibility index (Phi) is 4.46. The van der Waals surface area contributed by atoms with Crippen molar-refractivity contribution >= 4 is 34.1 Å². The minimum atomic E-state index is -4.62. The largest absolute Gasteiger partial charge is 0.496 e. The van der Waals surface area contributed by atoms with Gasteiger partial charge in [-0.1, -0.05) is 30.4 Å². The summed E-state index contributed by atoms with van der Waals surface area (Å²) in [5.74, 6) is -0.306. The molecule has 0 aliphatic carbocycles. The van der Waals surface area contributed by atoms with Crippen LogP contribution in [0.25, 0.3) is 10.8 Å². The van der Waals surface area contributed by atoms with E-state index in [2.05, 4.69) is 0 Å². The lowest BCUT2D eigenvalue weighted by molar-refractivity contribution is -0.137. The molecule has 23 heavy (non-hydrogen) atoms. The van der Waals surface area contributed by atoms with Gasteiger partial charge in [0.15, 0.2) is 0 Å².